The molecule has 0 unspecified atom stereocenters. The number of nitrogens with one attached hydrogen (secondary N) is 2. The van der Waals surface area contributed by atoms with E-state index in [0.717, 1.165) is 5.56 Å². The van der Waals surface area contributed by atoms with Gasteiger partial charge in [-0.25, -0.2) is 0 Å². The van der Waals surface area contributed by atoms with Crippen molar-refractivity contribution in [2.75, 3.05) is 6.54 Å². The van der Waals surface area contributed by atoms with Gasteiger partial charge in [0.25, 0.3) is 11.8 Å². The second-order valence-corrected chi connectivity index (χ2v) is 5.14. The molecule has 0 aliphatic heterocycles. The molecule has 2 aromatic rings. The molecule has 6 heteroatoms. The molecule has 0 radical (unpaired) electrons. The number of aromatic nitrogens is 1. The summed E-state index contributed by atoms with van der Waals surface area (Å²) in [5.41, 5.74) is 1.44. The summed E-state index contributed by atoms with van der Waals surface area (Å²) in [5.74, 6) is -0.631. The Morgan fingerprint density at radius 2 is 1.78 bits per heavy atom. The van der Waals surface area contributed by atoms with Crippen molar-refractivity contribution in [3.63, 3.8) is 0 Å². The molecular weight excluding hydrogens is 314 g/mol. The van der Waals surface area contributed by atoms with Crippen LogP contribution in [-0.2, 0) is 6.54 Å². The number of halogens is 1. The molecule has 0 spiro atoms. The summed E-state index contributed by atoms with van der Waals surface area (Å²) in [4.78, 5) is 28.0. The zero-order valence-electron chi connectivity index (χ0n) is 12.4. The molecule has 2 rings (SSSR count). The van der Waals surface area contributed by atoms with E-state index in [1.165, 1.54) is 18.5 Å². The number of hydrogen-bond acceptors (Lipinski definition) is 3. The van der Waals surface area contributed by atoms with Crippen LogP contribution in [0.3, 0.4) is 0 Å². The van der Waals surface area contributed by atoms with E-state index >= 15 is 0 Å². The highest BCUT2D eigenvalue weighted by molar-refractivity contribution is 6.31. The Morgan fingerprint density at radius 3 is 2.43 bits per heavy atom. The van der Waals surface area contributed by atoms with Crippen molar-refractivity contribution >= 4 is 23.4 Å². The van der Waals surface area contributed by atoms with Crippen LogP contribution in [0.1, 0.15) is 26.3 Å². The van der Waals surface area contributed by atoms with Gasteiger partial charge >= 0.3 is 0 Å². The maximum atomic E-state index is 12.2. The van der Waals surface area contributed by atoms with E-state index in [2.05, 4.69) is 22.2 Å². The van der Waals surface area contributed by atoms with Crippen molar-refractivity contribution in [3.05, 3.63) is 77.1 Å². The van der Waals surface area contributed by atoms with Crippen LogP contribution < -0.4 is 10.6 Å². The van der Waals surface area contributed by atoms with Gasteiger partial charge in [-0.2, -0.15) is 0 Å². The molecule has 0 aliphatic carbocycles. The van der Waals surface area contributed by atoms with E-state index < -0.39 is 0 Å². The second-order valence-electron chi connectivity index (χ2n) is 4.74. The minimum atomic E-state index is -0.323. The Hall–Kier alpha value is -2.66. The van der Waals surface area contributed by atoms with Crippen LogP contribution in [-0.4, -0.2) is 23.3 Å². The quantitative estimate of drug-likeness (QED) is 0.800. The van der Waals surface area contributed by atoms with Gasteiger partial charge in [0.15, 0.2) is 0 Å². The number of amides is 2. The Morgan fingerprint density at radius 1 is 1.13 bits per heavy atom. The molecule has 0 bridgehead atoms. The van der Waals surface area contributed by atoms with Crippen molar-refractivity contribution in [1.29, 1.82) is 0 Å². The van der Waals surface area contributed by atoms with Crippen LogP contribution >= 0.6 is 11.6 Å². The summed E-state index contributed by atoms with van der Waals surface area (Å²) >= 11 is 6.04. The maximum absolute atomic E-state index is 12.2. The van der Waals surface area contributed by atoms with Gasteiger partial charge in [0, 0.05) is 30.5 Å². The van der Waals surface area contributed by atoms with E-state index in [4.69, 9.17) is 11.6 Å². The Bertz CT molecular complexity index is 731. The lowest BCUT2D eigenvalue weighted by Crippen LogP contribution is -2.26. The van der Waals surface area contributed by atoms with Crippen molar-refractivity contribution in [2.24, 2.45) is 0 Å². The fourth-order valence-corrected chi connectivity index (χ4v) is 2.08. The topological polar surface area (TPSA) is 71.1 Å². The zero-order valence-corrected chi connectivity index (χ0v) is 13.1. The molecule has 0 saturated carbocycles. The summed E-state index contributed by atoms with van der Waals surface area (Å²) in [7, 11) is 0. The third kappa shape index (κ3) is 4.66. The average molecular weight is 330 g/mol. The van der Waals surface area contributed by atoms with Gasteiger partial charge in [-0.05, 0) is 17.7 Å². The first-order valence-corrected chi connectivity index (χ1v) is 7.35. The average Bonchev–Trinajstić information content (AvgIpc) is 2.58. The smallest absolute Gasteiger partial charge is 0.253 e. The fourth-order valence-electron chi connectivity index (χ4n) is 1.87. The summed E-state index contributed by atoms with van der Waals surface area (Å²) in [6.07, 6.45) is 4.39. The van der Waals surface area contributed by atoms with E-state index in [-0.39, 0.29) is 11.8 Å². The molecule has 2 amide bonds. The minimum Gasteiger partial charge on any atom is -0.349 e. The third-order valence-corrected chi connectivity index (χ3v) is 3.44. The van der Waals surface area contributed by atoms with Crippen molar-refractivity contribution < 1.29 is 9.59 Å². The predicted molar refractivity (Wildman–Crippen MR) is 89.4 cm³/mol. The fraction of sp³-hybridized carbons (Fsp3) is 0.118. The maximum Gasteiger partial charge on any atom is 0.253 e. The van der Waals surface area contributed by atoms with Crippen molar-refractivity contribution in [1.82, 2.24) is 15.6 Å². The lowest BCUT2D eigenvalue weighted by Gasteiger charge is -2.08. The molecule has 0 atom stereocenters. The van der Waals surface area contributed by atoms with Gasteiger partial charge < -0.3 is 10.6 Å². The van der Waals surface area contributed by atoms with E-state index in [0.29, 0.717) is 29.2 Å². The van der Waals surface area contributed by atoms with Gasteiger partial charge in [0.2, 0.25) is 0 Å². The number of carbonyl (C=O) groups excluding carboxylic acids is 2. The van der Waals surface area contributed by atoms with E-state index in [9.17, 15) is 9.59 Å². The molecule has 23 heavy (non-hydrogen) atoms. The lowest BCUT2D eigenvalue weighted by atomic mass is 10.1. The van der Waals surface area contributed by atoms with Crippen LogP contribution in [0.2, 0.25) is 5.02 Å². The molecule has 0 aliphatic rings. The SMILES string of the molecule is C=CCNC(=O)c1cncc(C(=O)NCc2ccccc2Cl)c1. The van der Waals surface area contributed by atoms with Crippen LogP contribution in [0.25, 0.3) is 0 Å². The monoisotopic (exact) mass is 329 g/mol. The van der Waals surface area contributed by atoms with Gasteiger partial charge in [-0.15, -0.1) is 6.58 Å². The van der Waals surface area contributed by atoms with Crippen molar-refractivity contribution in [3.8, 4) is 0 Å². The summed E-state index contributed by atoms with van der Waals surface area (Å²) < 4.78 is 0. The van der Waals surface area contributed by atoms with E-state index in [1.54, 1.807) is 12.1 Å². The highest BCUT2D eigenvalue weighted by Gasteiger charge is 2.11. The number of benzene rings is 1. The van der Waals surface area contributed by atoms with Crippen LogP contribution in [0.4, 0.5) is 0 Å². The number of nitrogens with zero attached hydrogens (tertiary/aromatic N) is 1. The minimum absolute atomic E-state index is 0.297. The second kappa shape index (κ2) is 8.10. The lowest BCUT2D eigenvalue weighted by molar-refractivity contribution is 0.0950. The van der Waals surface area contributed by atoms with Gasteiger partial charge in [0.05, 0.1) is 11.1 Å². The molecule has 1 aromatic carbocycles. The molecule has 1 aromatic heterocycles. The molecule has 118 valence electrons. The normalized spacial score (nSPS) is 9.96. The van der Waals surface area contributed by atoms with Crippen LogP contribution in [0.15, 0.2) is 55.4 Å². The van der Waals surface area contributed by atoms with Crippen molar-refractivity contribution in [2.45, 2.75) is 6.54 Å². The molecule has 0 fully saturated rings. The Balaban J connectivity index is 2.03. The predicted octanol–water partition coefficient (Wildman–Crippen LogP) is 2.58. The standard InChI is InChI=1S/C17H16ClN3O2/c1-2-7-20-16(22)13-8-14(10-19-9-13)17(23)21-11-12-5-3-4-6-15(12)18/h2-6,8-10H,1,7,11H2,(H,20,22)(H,21,23). The Labute approximate surface area is 139 Å². The van der Waals surface area contributed by atoms with Crippen LogP contribution in [0.5, 0.6) is 0 Å². The van der Waals surface area contributed by atoms with Gasteiger partial charge in [-0.1, -0.05) is 35.9 Å². The Kier molecular flexibility index (Phi) is 5.88. The number of hydrogen-bond donors (Lipinski definition) is 2. The number of carbonyl (C=O) groups is 2. The first-order valence-electron chi connectivity index (χ1n) is 6.97. The van der Waals surface area contributed by atoms with Crippen LogP contribution in [0, 0.1) is 0 Å². The van der Waals surface area contributed by atoms with Gasteiger partial charge in [-0.3, -0.25) is 14.6 Å². The van der Waals surface area contributed by atoms with Gasteiger partial charge in [0.1, 0.15) is 0 Å². The molecule has 1 heterocycles. The molecular formula is C17H16ClN3O2. The number of rotatable bonds is 6. The molecule has 2 N–H and O–H groups in total. The first-order chi connectivity index (χ1) is 11.1. The number of pyridine rings is 1. The summed E-state index contributed by atoms with van der Waals surface area (Å²) in [5, 5.41) is 5.97. The molecule has 0 saturated heterocycles. The highest BCUT2D eigenvalue weighted by atomic mass is 35.5. The van der Waals surface area contributed by atoms with E-state index in [1.807, 2.05) is 18.2 Å². The largest absolute Gasteiger partial charge is 0.349 e. The molecule has 5 nitrogen and oxygen atoms in total. The first kappa shape index (κ1) is 16.7. The zero-order chi connectivity index (χ0) is 16.7. The third-order valence-electron chi connectivity index (χ3n) is 3.07. The summed E-state index contributed by atoms with van der Waals surface area (Å²) in [6, 6.07) is 8.75. The highest BCUT2D eigenvalue weighted by Crippen LogP contribution is 2.14. The summed E-state index contributed by atoms with van der Waals surface area (Å²) in [6.45, 7) is 4.17.